The molecule has 2 N–H and O–H groups in total. The number of hydrogen-bond donors (Lipinski definition) is 1. The number of rotatable bonds is 6. The standard InChI is InChI=1S/C17H27FN2/c1-3-17(4-2,20-11-7-8-12-20)16(19)13-14-9-5-6-10-15(14)18/h5-6,9-10,16H,3-4,7-8,11-13,19H2,1-2H3. The van der Waals surface area contributed by atoms with E-state index < -0.39 is 0 Å². The van der Waals surface area contributed by atoms with Gasteiger partial charge in [-0.25, -0.2) is 4.39 Å². The van der Waals surface area contributed by atoms with Crippen molar-refractivity contribution < 1.29 is 4.39 Å². The molecule has 2 rings (SSSR count). The van der Waals surface area contributed by atoms with Gasteiger partial charge in [-0.1, -0.05) is 32.0 Å². The minimum Gasteiger partial charge on any atom is -0.326 e. The maximum atomic E-state index is 13.9. The molecule has 3 heteroatoms. The molecule has 0 aromatic heterocycles. The molecule has 1 unspecified atom stereocenters. The van der Waals surface area contributed by atoms with E-state index in [0.29, 0.717) is 6.42 Å². The highest BCUT2D eigenvalue weighted by Gasteiger charge is 2.40. The van der Waals surface area contributed by atoms with Crippen LogP contribution in [0.25, 0.3) is 0 Å². The van der Waals surface area contributed by atoms with Crippen LogP contribution in [0.3, 0.4) is 0 Å². The third-order valence-electron chi connectivity index (χ3n) is 5.05. The molecule has 2 nitrogen and oxygen atoms in total. The van der Waals surface area contributed by atoms with Gasteiger partial charge in [0.1, 0.15) is 5.82 Å². The molecule has 0 amide bonds. The Morgan fingerprint density at radius 1 is 1.20 bits per heavy atom. The van der Waals surface area contributed by atoms with Crippen LogP contribution < -0.4 is 5.73 Å². The molecular weight excluding hydrogens is 251 g/mol. The van der Waals surface area contributed by atoms with Crippen molar-refractivity contribution >= 4 is 0 Å². The van der Waals surface area contributed by atoms with Gasteiger partial charge in [-0.05, 0) is 56.8 Å². The number of benzene rings is 1. The van der Waals surface area contributed by atoms with E-state index in [2.05, 4.69) is 18.7 Å². The van der Waals surface area contributed by atoms with Gasteiger partial charge in [0.15, 0.2) is 0 Å². The van der Waals surface area contributed by atoms with Gasteiger partial charge in [0.05, 0.1) is 0 Å². The van der Waals surface area contributed by atoms with Crippen LogP contribution in [0.2, 0.25) is 0 Å². The van der Waals surface area contributed by atoms with Gasteiger partial charge in [-0.3, -0.25) is 4.90 Å². The first-order valence-corrected chi connectivity index (χ1v) is 7.88. The molecule has 1 aromatic carbocycles. The summed E-state index contributed by atoms with van der Waals surface area (Å²) >= 11 is 0. The molecule has 112 valence electrons. The third kappa shape index (κ3) is 2.89. The number of halogens is 1. The summed E-state index contributed by atoms with van der Waals surface area (Å²) in [6.07, 6.45) is 5.19. The first-order chi connectivity index (χ1) is 9.64. The van der Waals surface area contributed by atoms with Gasteiger partial charge in [0.2, 0.25) is 0 Å². The van der Waals surface area contributed by atoms with Gasteiger partial charge in [-0.15, -0.1) is 0 Å². The minimum absolute atomic E-state index is 0.0127. The van der Waals surface area contributed by atoms with Crippen LogP contribution in [0.5, 0.6) is 0 Å². The van der Waals surface area contributed by atoms with Crippen LogP contribution in [-0.2, 0) is 6.42 Å². The van der Waals surface area contributed by atoms with Crippen LogP contribution in [-0.4, -0.2) is 29.6 Å². The number of hydrogen-bond acceptors (Lipinski definition) is 2. The largest absolute Gasteiger partial charge is 0.326 e. The second-order valence-corrected chi connectivity index (χ2v) is 5.91. The average molecular weight is 278 g/mol. The lowest BCUT2D eigenvalue weighted by atomic mass is 9.80. The first kappa shape index (κ1) is 15.5. The molecule has 1 aliphatic rings. The van der Waals surface area contributed by atoms with Crippen LogP contribution in [0.1, 0.15) is 45.1 Å². The summed E-state index contributed by atoms with van der Waals surface area (Å²) < 4.78 is 13.9. The van der Waals surface area contributed by atoms with Crippen molar-refractivity contribution in [2.45, 2.75) is 57.5 Å². The number of nitrogens with two attached hydrogens (primary N) is 1. The predicted octanol–water partition coefficient (Wildman–Crippen LogP) is 3.35. The summed E-state index contributed by atoms with van der Waals surface area (Å²) in [5.41, 5.74) is 7.30. The van der Waals surface area contributed by atoms with Gasteiger partial charge in [-0.2, -0.15) is 0 Å². The highest BCUT2D eigenvalue weighted by atomic mass is 19.1. The molecule has 0 radical (unpaired) electrons. The van der Waals surface area contributed by atoms with E-state index in [9.17, 15) is 4.39 Å². The van der Waals surface area contributed by atoms with E-state index in [1.807, 2.05) is 12.1 Å². The fourth-order valence-electron chi connectivity index (χ4n) is 3.71. The van der Waals surface area contributed by atoms with Gasteiger partial charge >= 0.3 is 0 Å². The van der Waals surface area contributed by atoms with Crippen LogP contribution in [0.4, 0.5) is 4.39 Å². The molecule has 1 heterocycles. The van der Waals surface area contributed by atoms with Crippen molar-refractivity contribution in [2.75, 3.05) is 13.1 Å². The summed E-state index contributed by atoms with van der Waals surface area (Å²) in [5, 5.41) is 0. The van der Waals surface area contributed by atoms with Crippen molar-refractivity contribution in [3.05, 3.63) is 35.6 Å². The Balaban J connectivity index is 2.18. The number of likely N-dealkylation sites (tertiary alicyclic amines) is 1. The van der Waals surface area contributed by atoms with Crippen molar-refractivity contribution in [2.24, 2.45) is 5.73 Å². The zero-order valence-electron chi connectivity index (χ0n) is 12.7. The van der Waals surface area contributed by atoms with E-state index >= 15 is 0 Å². The lowest BCUT2D eigenvalue weighted by Crippen LogP contribution is -2.59. The topological polar surface area (TPSA) is 29.3 Å². The van der Waals surface area contributed by atoms with Gasteiger partial charge in [0.25, 0.3) is 0 Å². The summed E-state index contributed by atoms with van der Waals surface area (Å²) in [4.78, 5) is 2.54. The smallest absolute Gasteiger partial charge is 0.126 e. The molecule has 1 aromatic rings. The zero-order chi connectivity index (χ0) is 14.6. The molecule has 1 fully saturated rings. The Morgan fingerprint density at radius 3 is 2.35 bits per heavy atom. The predicted molar refractivity (Wildman–Crippen MR) is 82.2 cm³/mol. The third-order valence-corrected chi connectivity index (χ3v) is 5.05. The van der Waals surface area contributed by atoms with E-state index in [1.54, 1.807) is 6.07 Å². The Bertz CT molecular complexity index is 423. The van der Waals surface area contributed by atoms with Crippen molar-refractivity contribution in [1.29, 1.82) is 0 Å². The lowest BCUT2D eigenvalue weighted by molar-refractivity contribution is 0.0765. The fourth-order valence-corrected chi connectivity index (χ4v) is 3.71. The molecular formula is C17H27FN2. The normalized spacial score (nSPS) is 18.4. The average Bonchev–Trinajstić information content (AvgIpc) is 2.98. The molecule has 20 heavy (non-hydrogen) atoms. The first-order valence-electron chi connectivity index (χ1n) is 7.88. The Morgan fingerprint density at radius 2 is 1.80 bits per heavy atom. The summed E-state index contributed by atoms with van der Waals surface area (Å²) in [7, 11) is 0. The highest BCUT2D eigenvalue weighted by molar-refractivity contribution is 5.20. The monoisotopic (exact) mass is 278 g/mol. The quantitative estimate of drug-likeness (QED) is 0.864. The van der Waals surface area contributed by atoms with E-state index in [0.717, 1.165) is 31.5 Å². The summed E-state index contributed by atoms with van der Waals surface area (Å²) in [6.45, 7) is 6.69. The van der Waals surface area contributed by atoms with E-state index in [-0.39, 0.29) is 17.4 Å². The molecule has 1 atom stereocenters. The second-order valence-electron chi connectivity index (χ2n) is 5.91. The molecule has 0 bridgehead atoms. The zero-order valence-corrected chi connectivity index (χ0v) is 12.7. The van der Waals surface area contributed by atoms with Crippen molar-refractivity contribution in [3.8, 4) is 0 Å². The highest BCUT2D eigenvalue weighted by Crippen LogP contribution is 2.32. The summed E-state index contributed by atoms with van der Waals surface area (Å²) in [6, 6.07) is 6.98. The lowest BCUT2D eigenvalue weighted by Gasteiger charge is -2.45. The molecule has 0 aliphatic carbocycles. The van der Waals surface area contributed by atoms with Gasteiger partial charge < -0.3 is 5.73 Å². The summed E-state index contributed by atoms with van der Waals surface area (Å²) in [5.74, 6) is -0.134. The fraction of sp³-hybridized carbons (Fsp3) is 0.647. The maximum absolute atomic E-state index is 13.9. The minimum atomic E-state index is -0.134. The van der Waals surface area contributed by atoms with Crippen molar-refractivity contribution in [3.63, 3.8) is 0 Å². The van der Waals surface area contributed by atoms with E-state index in [1.165, 1.54) is 18.9 Å². The maximum Gasteiger partial charge on any atom is 0.126 e. The van der Waals surface area contributed by atoms with E-state index in [4.69, 9.17) is 5.73 Å². The molecule has 1 saturated heterocycles. The van der Waals surface area contributed by atoms with Gasteiger partial charge in [0, 0.05) is 11.6 Å². The van der Waals surface area contributed by atoms with Crippen molar-refractivity contribution in [1.82, 2.24) is 4.90 Å². The molecule has 0 saturated carbocycles. The Labute approximate surface area is 122 Å². The Kier molecular flexibility index (Phi) is 5.17. The van der Waals surface area contributed by atoms with Crippen LogP contribution >= 0.6 is 0 Å². The van der Waals surface area contributed by atoms with Crippen LogP contribution in [0, 0.1) is 5.82 Å². The molecule has 1 aliphatic heterocycles. The second kappa shape index (κ2) is 6.68. The number of nitrogens with zero attached hydrogens (tertiary/aromatic N) is 1. The Hall–Kier alpha value is -0.930. The molecule has 0 spiro atoms. The van der Waals surface area contributed by atoms with Crippen LogP contribution in [0.15, 0.2) is 24.3 Å². The SMILES string of the molecule is CCC(CC)(C(N)Cc1ccccc1F)N1CCCC1.